The summed E-state index contributed by atoms with van der Waals surface area (Å²) in [6.45, 7) is 8.58. The van der Waals surface area contributed by atoms with Crippen LogP contribution in [0.15, 0.2) is 36.7 Å². The number of hydrogen-bond acceptors (Lipinski definition) is 7. The largest absolute Gasteiger partial charge is 0.444 e. The highest BCUT2D eigenvalue weighted by molar-refractivity contribution is 5.75. The molecular formula is C27H37N7O2. The molecule has 2 aliphatic rings. The molecule has 0 radical (unpaired) electrons. The van der Waals surface area contributed by atoms with Crippen LogP contribution in [0.1, 0.15) is 59.3 Å². The maximum absolute atomic E-state index is 12.4. The van der Waals surface area contributed by atoms with E-state index < -0.39 is 5.60 Å². The van der Waals surface area contributed by atoms with Crippen molar-refractivity contribution in [3.63, 3.8) is 0 Å². The van der Waals surface area contributed by atoms with Crippen molar-refractivity contribution in [2.75, 3.05) is 36.0 Å². The number of anilines is 3. The Morgan fingerprint density at radius 3 is 2.36 bits per heavy atom. The van der Waals surface area contributed by atoms with Crippen LogP contribution in [0, 0.1) is 0 Å². The van der Waals surface area contributed by atoms with E-state index in [-0.39, 0.29) is 6.09 Å². The molecule has 192 valence electrons. The Kier molecular flexibility index (Phi) is 6.98. The van der Waals surface area contributed by atoms with Gasteiger partial charge in [0.2, 0.25) is 5.95 Å². The molecule has 36 heavy (non-hydrogen) atoms. The van der Waals surface area contributed by atoms with E-state index in [1.54, 1.807) is 11.1 Å². The summed E-state index contributed by atoms with van der Waals surface area (Å²) in [6.07, 6.45) is 10.7. The summed E-state index contributed by atoms with van der Waals surface area (Å²) in [5.74, 6) is 0.720. The summed E-state index contributed by atoms with van der Waals surface area (Å²) in [5.41, 5.74) is 2.56. The number of ether oxygens (including phenoxy) is 1. The van der Waals surface area contributed by atoms with Gasteiger partial charge in [-0.3, -0.25) is 5.10 Å². The SMILES string of the molecule is CC(C)(C)OC(=O)N1CCN(c2ccc(N(c3ncc4cn[nH]c4n3)C3CCCCCC3)cc2)CC1. The fourth-order valence-electron chi connectivity index (χ4n) is 5.15. The Morgan fingerprint density at radius 1 is 1.00 bits per heavy atom. The van der Waals surface area contributed by atoms with E-state index in [9.17, 15) is 4.79 Å². The molecule has 0 atom stereocenters. The number of carbonyl (C=O) groups is 1. The number of rotatable bonds is 4. The summed E-state index contributed by atoms with van der Waals surface area (Å²) in [6, 6.07) is 9.09. The lowest BCUT2D eigenvalue weighted by molar-refractivity contribution is 0.0240. The van der Waals surface area contributed by atoms with Crippen molar-refractivity contribution in [2.45, 2.75) is 70.9 Å². The number of fused-ring (bicyclic) bond motifs is 1. The maximum atomic E-state index is 12.4. The van der Waals surface area contributed by atoms with Gasteiger partial charge in [-0.2, -0.15) is 10.1 Å². The number of amides is 1. The molecule has 2 fully saturated rings. The van der Waals surface area contributed by atoms with Gasteiger partial charge in [-0.15, -0.1) is 0 Å². The first-order valence-electron chi connectivity index (χ1n) is 13.2. The van der Waals surface area contributed by atoms with Gasteiger partial charge < -0.3 is 19.4 Å². The number of aromatic nitrogens is 4. The second-order valence-electron chi connectivity index (χ2n) is 10.8. The van der Waals surface area contributed by atoms with Gasteiger partial charge in [-0.25, -0.2) is 9.78 Å². The Hall–Kier alpha value is -3.36. The van der Waals surface area contributed by atoms with Crippen molar-refractivity contribution in [3.05, 3.63) is 36.7 Å². The molecule has 9 heteroatoms. The monoisotopic (exact) mass is 491 g/mol. The normalized spacial score (nSPS) is 17.8. The smallest absolute Gasteiger partial charge is 0.410 e. The molecule has 1 N–H and O–H groups in total. The van der Waals surface area contributed by atoms with E-state index in [0.29, 0.717) is 19.1 Å². The van der Waals surface area contributed by atoms with E-state index in [2.05, 4.69) is 44.3 Å². The summed E-state index contributed by atoms with van der Waals surface area (Å²) in [4.78, 5) is 28.4. The molecule has 9 nitrogen and oxygen atoms in total. The van der Waals surface area contributed by atoms with Crippen LogP contribution < -0.4 is 9.80 Å². The van der Waals surface area contributed by atoms with Crippen LogP contribution in [0.4, 0.5) is 22.1 Å². The molecule has 1 saturated carbocycles. The number of nitrogens with one attached hydrogen (secondary N) is 1. The van der Waals surface area contributed by atoms with Gasteiger partial charge in [-0.05, 0) is 57.9 Å². The van der Waals surface area contributed by atoms with Crippen molar-refractivity contribution in [1.29, 1.82) is 0 Å². The van der Waals surface area contributed by atoms with Gasteiger partial charge in [0.25, 0.3) is 0 Å². The highest BCUT2D eigenvalue weighted by Crippen LogP contribution is 2.33. The third-order valence-electron chi connectivity index (χ3n) is 7.01. The van der Waals surface area contributed by atoms with Gasteiger partial charge >= 0.3 is 6.09 Å². The van der Waals surface area contributed by atoms with Crippen molar-refractivity contribution in [1.82, 2.24) is 25.1 Å². The molecule has 0 bridgehead atoms. The Labute approximate surface area is 212 Å². The van der Waals surface area contributed by atoms with E-state index >= 15 is 0 Å². The predicted molar refractivity (Wildman–Crippen MR) is 142 cm³/mol. The highest BCUT2D eigenvalue weighted by Gasteiger charge is 2.27. The average Bonchev–Trinajstić information content (AvgIpc) is 3.17. The summed E-state index contributed by atoms with van der Waals surface area (Å²) >= 11 is 0. The first-order chi connectivity index (χ1) is 17.4. The number of aromatic amines is 1. The van der Waals surface area contributed by atoms with Crippen molar-refractivity contribution in [3.8, 4) is 0 Å². The Balaban J connectivity index is 1.32. The van der Waals surface area contributed by atoms with Crippen molar-refractivity contribution in [2.24, 2.45) is 0 Å². The van der Waals surface area contributed by atoms with Gasteiger partial charge in [0.1, 0.15) is 5.60 Å². The number of piperazine rings is 1. The lowest BCUT2D eigenvalue weighted by atomic mass is 10.1. The molecule has 1 aliphatic heterocycles. The molecule has 3 heterocycles. The van der Waals surface area contributed by atoms with Crippen LogP contribution in [0.5, 0.6) is 0 Å². The summed E-state index contributed by atoms with van der Waals surface area (Å²) in [5, 5.41) is 8.02. The lowest BCUT2D eigenvalue weighted by Crippen LogP contribution is -2.50. The quantitative estimate of drug-likeness (QED) is 0.497. The first kappa shape index (κ1) is 24.3. The molecular weight excluding hydrogens is 454 g/mol. The number of carbonyl (C=O) groups excluding carboxylic acids is 1. The van der Waals surface area contributed by atoms with Crippen LogP contribution in [-0.2, 0) is 4.74 Å². The maximum Gasteiger partial charge on any atom is 0.410 e. The molecule has 1 aromatic carbocycles. The molecule has 1 aliphatic carbocycles. The zero-order chi connectivity index (χ0) is 25.1. The third kappa shape index (κ3) is 5.55. The van der Waals surface area contributed by atoms with Gasteiger partial charge in [0, 0.05) is 49.8 Å². The van der Waals surface area contributed by atoms with Gasteiger partial charge in [0.05, 0.1) is 11.6 Å². The fraction of sp³-hybridized carbons (Fsp3) is 0.556. The van der Waals surface area contributed by atoms with Crippen LogP contribution in [-0.4, -0.2) is 69.0 Å². The van der Waals surface area contributed by atoms with Crippen LogP contribution in [0.3, 0.4) is 0 Å². The van der Waals surface area contributed by atoms with Crippen molar-refractivity contribution >= 4 is 34.4 Å². The molecule has 0 spiro atoms. The first-order valence-corrected chi connectivity index (χ1v) is 13.2. The van der Waals surface area contributed by atoms with Crippen molar-refractivity contribution < 1.29 is 9.53 Å². The fourth-order valence-corrected chi connectivity index (χ4v) is 5.15. The third-order valence-corrected chi connectivity index (χ3v) is 7.01. The molecule has 5 rings (SSSR count). The highest BCUT2D eigenvalue weighted by atomic mass is 16.6. The number of H-pyrrole nitrogens is 1. The second kappa shape index (κ2) is 10.3. The standard InChI is InChI=1S/C27H37N7O2/c1-27(2,3)36-26(35)33-16-14-32(15-17-33)21-10-12-23(13-11-21)34(22-8-6-4-5-7-9-22)25-28-18-20-19-29-31-24(20)30-25/h10-13,18-19,22H,4-9,14-17H2,1-3H3,(H,28,29,30,31). The molecule has 1 saturated heterocycles. The molecule has 0 unspecified atom stereocenters. The summed E-state index contributed by atoms with van der Waals surface area (Å²) < 4.78 is 5.54. The Bertz CT molecular complexity index is 1150. The molecule has 1 amide bonds. The minimum absolute atomic E-state index is 0.231. The second-order valence-corrected chi connectivity index (χ2v) is 10.8. The number of benzene rings is 1. The number of nitrogens with zero attached hydrogens (tertiary/aromatic N) is 6. The minimum Gasteiger partial charge on any atom is -0.444 e. The topological polar surface area (TPSA) is 90.5 Å². The lowest BCUT2D eigenvalue weighted by Gasteiger charge is -2.37. The van der Waals surface area contributed by atoms with Crippen LogP contribution in [0.2, 0.25) is 0 Å². The van der Waals surface area contributed by atoms with E-state index in [1.165, 1.54) is 25.7 Å². The van der Waals surface area contributed by atoms with Crippen LogP contribution in [0.25, 0.3) is 11.0 Å². The zero-order valence-corrected chi connectivity index (χ0v) is 21.6. The predicted octanol–water partition coefficient (Wildman–Crippen LogP) is 5.27. The van der Waals surface area contributed by atoms with E-state index in [1.807, 2.05) is 27.0 Å². The van der Waals surface area contributed by atoms with E-state index in [4.69, 9.17) is 14.7 Å². The summed E-state index contributed by atoms with van der Waals surface area (Å²) in [7, 11) is 0. The Morgan fingerprint density at radius 2 is 1.69 bits per heavy atom. The van der Waals surface area contributed by atoms with Gasteiger partial charge in [-0.1, -0.05) is 25.7 Å². The van der Waals surface area contributed by atoms with E-state index in [0.717, 1.165) is 54.3 Å². The van der Waals surface area contributed by atoms with Crippen LogP contribution >= 0.6 is 0 Å². The molecule has 2 aromatic heterocycles. The number of hydrogen-bond donors (Lipinski definition) is 1. The minimum atomic E-state index is -0.473. The van der Waals surface area contributed by atoms with Gasteiger partial charge in [0.15, 0.2) is 5.65 Å². The zero-order valence-electron chi connectivity index (χ0n) is 21.6. The molecule has 3 aromatic rings. The average molecular weight is 492 g/mol.